The first-order valence-corrected chi connectivity index (χ1v) is 3.56. The predicted molar refractivity (Wildman–Crippen MR) is 30.0 cm³/mol. The van der Waals surface area contributed by atoms with Crippen LogP contribution >= 0.6 is 23.7 Å². The van der Waals surface area contributed by atoms with Gasteiger partial charge in [-0.2, -0.15) is 0 Å². The third-order valence-electron chi connectivity index (χ3n) is 0.793. The van der Waals surface area contributed by atoms with Crippen LogP contribution in [0.15, 0.2) is 10.4 Å². The van der Waals surface area contributed by atoms with Crippen molar-refractivity contribution in [1.82, 2.24) is 4.31 Å². The van der Waals surface area contributed by atoms with Crippen molar-refractivity contribution in [2.24, 2.45) is 0 Å². The lowest BCUT2D eigenvalue weighted by Gasteiger charge is -1.82. The first-order valence-electron chi connectivity index (χ1n) is 1.74. The molecule has 0 amide bonds. The van der Waals surface area contributed by atoms with E-state index in [0.29, 0.717) is 0 Å². The number of hydrogen-bond donors (Lipinski definition) is 0. The van der Waals surface area contributed by atoms with Crippen LogP contribution in [0.25, 0.3) is 0 Å². The fraction of sp³-hybridized carbons (Fsp3) is 0.333. The van der Waals surface area contributed by atoms with E-state index in [1.807, 2.05) is 23.7 Å². The summed E-state index contributed by atoms with van der Waals surface area (Å²) < 4.78 is 2.27. The average Bonchev–Trinajstić information content (AvgIpc) is 2.17. The van der Waals surface area contributed by atoms with Gasteiger partial charge in [0.15, 0.2) is 0 Å². The zero-order chi connectivity index (χ0) is 3.98. The number of fused-ring (bicyclic) bond motifs is 1. The largest absolute Gasteiger partial charge is 0.293 e. The summed E-state index contributed by atoms with van der Waals surface area (Å²) in [4.78, 5) is 0. The minimum absolute atomic E-state index is 1.18. The second-order valence-corrected chi connectivity index (χ2v) is 3.09. The first kappa shape index (κ1) is 3.27. The van der Waals surface area contributed by atoms with Crippen LogP contribution in [0.2, 0.25) is 0 Å². The van der Waals surface area contributed by atoms with Gasteiger partial charge in [0.05, 0.1) is 5.88 Å². The third kappa shape index (κ3) is 0.297. The van der Waals surface area contributed by atoms with E-state index in [-0.39, 0.29) is 0 Å². The third-order valence-corrected chi connectivity index (χ3v) is 2.80. The molecule has 0 unspecified atom stereocenters. The lowest BCUT2D eigenvalue weighted by molar-refractivity contribution is 0.831. The molecule has 0 radical (unpaired) electrons. The standard InChI is InChI=1S/C3H3NS2/c1-3-4(6-3)2-5-1/h1H,2H2. The molecule has 0 aliphatic carbocycles. The number of hydrogen-bond acceptors (Lipinski definition) is 3. The molecule has 2 rings (SSSR count). The Bertz CT molecular complexity index is 109. The Hall–Kier alpha value is 0.240. The molecule has 3 heteroatoms. The Labute approximate surface area is 44.9 Å². The van der Waals surface area contributed by atoms with E-state index in [0.717, 1.165) is 0 Å². The molecule has 0 bridgehead atoms. The minimum atomic E-state index is 1.18. The molecule has 2 aliphatic heterocycles. The van der Waals surface area contributed by atoms with Gasteiger partial charge in [-0.05, 0) is 0 Å². The molecule has 0 N–H and O–H groups in total. The van der Waals surface area contributed by atoms with Gasteiger partial charge in [-0.15, -0.1) is 11.8 Å². The average molecular weight is 117 g/mol. The van der Waals surface area contributed by atoms with Gasteiger partial charge >= 0.3 is 0 Å². The van der Waals surface area contributed by atoms with E-state index < -0.39 is 0 Å². The molecule has 2 aliphatic rings. The van der Waals surface area contributed by atoms with Crippen molar-refractivity contribution in [2.75, 3.05) is 5.88 Å². The van der Waals surface area contributed by atoms with Crippen LogP contribution < -0.4 is 0 Å². The highest BCUT2D eigenvalue weighted by atomic mass is 32.2. The Balaban J connectivity index is 2.35. The van der Waals surface area contributed by atoms with E-state index in [2.05, 4.69) is 9.71 Å². The van der Waals surface area contributed by atoms with Gasteiger partial charge in [0.25, 0.3) is 0 Å². The Kier molecular flexibility index (Phi) is 0.489. The van der Waals surface area contributed by atoms with Crippen molar-refractivity contribution >= 4 is 23.7 Å². The molecule has 0 atom stereocenters. The van der Waals surface area contributed by atoms with Crippen molar-refractivity contribution < 1.29 is 0 Å². The molecular weight excluding hydrogens is 114 g/mol. The first-order chi connectivity index (χ1) is 2.97. The summed E-state index contributed by atoms with van der Waals surface area (Å²) in [6.07, 6.45) is 0. The maximum absolute atomic E-state index is 2.27. The highest BCUT2D eigenvalue weighted by Crippen LogP contribution is 2.51. The molecule has 1 nitrogen and oxygen atoms in total. The van der Waals surface area contributed by atoms with Crippen LogP contribution in [0.5, 0.6) is 0 Å². The van der Waals surface area contributed by atoms with Gasteiger partial charge in [0.2, 0.25) is 0 Å². The molecule has 6 heavy (non-hydrogen) atoms. The monoisotopic (exact) mass is 117 g/mol. The molecule has 2 heterocycles. The molecule has 0 aromatic heterocycles. The number of nitrogens with zero attached hydrogens (tertiary/aromatic N) is 1. The van der Waals surface area contributed by atoms with Gasteiger partial charge in [0, 0.05) is 17.4 Å². The van der Waals surface area contributed by atoms with Crippen LogP contribution in [-0.4, -0.2) is 10.2 Å². The molecule has 0 aromatic rings. The smallest absolute Gasteiger partial charge is 0.109 e. The summed E-state index contributed by atoms with van der Waals surface area (Å²) in [5.41, 5.74) is 0. The predicted octanol–water partition coefficient (Wildman–Crippen LogP) is 1.45. The van der Waals surface area contributed by atoms with Crippen molar-refractivity contribution in [3.8, 4) is 0 Å². The zero-order valence-corrected chi connectivity index (χ0v) is 4.68. The minimum Gasteiger partial charge on any atom is -0.293 e. The summed E-state index contributed by atoms with van der Waals surface area (Å²) in [6.45, 7) is 0. The van der Waals surface area contributed by atoms with E-state index in [1.165, 1.54) is 10.9 Å². The Morgan fingerprint density at radius 1 is 1.83 bits per heavy atom. The summed E-state index contributed by atoms with van der Waals surface area (Å²) in [5, 5.41) is 3.66. The zero-order valence-electron chi connectivity index (χ0n) is 3.05. The van der Waals surface area contributed by atoms with Gasteiger partial charge in [-0.25, -0.2) is 0 Å². The van der Waals surface area contributed by atoms with E-state index in [1.54, 1.807) is 0 Å². The normalized spacial score (nSPS) is 26.7. The second-order valence-electron chi connectivity index (χ2n) is 1.22. The Morgan fingerprint density at radius 2 is 2.83 bits per heavy atom. The van der Waals surface area contributed by atoms with Crippen LogP contribution in [0, 0.1) is 0 Å². The highest BCUT2D eigenvalue weighted by Gasteiger charge is 2.30. The molecule has 0 aromatic carbocycles. The van der Waals surface area contributed by atoms with E-state index in [9.17, 15) is 0 Å². The van der Waals surface area contributed by atoms with Crippen molar-refractivity contribution in [3.05, 3.63) is 10.4 Å². The van der Waals surface area contributed by atoms with Crippen LogP contribution in [0.1, 0.15) is 0 Å². The van der Waals surface area contributed by atoms with Crippen LogP contribution in [-0.2, 0) is 0 Å². The van der Waals surface area contributed by atoms with Gasteiger partial charge in [-0.3, -0.25) is 4.31 Å². The van der Waals surface area contributed by atoms with E-state index in [4.69, 9.17) is 0 Å². The van der Waals surface area contributed by atoms with Gasteiger partial charge in [-0.1, -0.05) is 0 Å². The van der Waals surface area contributed by atoms with Crippen molar-refractivity contribution in [2.45, 2.75) is 0 Å². The summed E-state index contributed by atoms with van der Waals surface area (Å²) in [7, 11) is 0. The maximum Gasteiger partial charge on any atom is 0.109 e. The maximum atomic E-state index is 2.27. The fourth-order valence-electron chi connectivity index (χ4n) is 0.439. The topological polar surface area (TPSA) is 3.01 Å². The Morgan fingerprint density at radius 3 is 3.00 bits per heavy atom. The fourth-order valence-corrected chi connectivity index (χ4v) is 2.28. The lowest BCUT2D eigenvalue weighted by atomic mass is 11.0. The molecule has 1 saturated heterocycles. The summed E-state index contributed by atoms with van der Waals surface area (Å²) in [6, 6.07) is 0. The van der Waals surface area contributed by atoms with Crippen LogP contribution in [0.4, 0.5) is 0 Å². The summed E-state index contributed by atoms with van der Waals surface area (Å²) >= 11 is 3.73. The lowest BCUT2D eigenvalue weighted by Crippen LogP contribution is -1.80. The molecule has 0 saturated carbocycles. The van der Waals surface area contributed by atoms with E-state index >= 15 is 0 Å². The van der Waals surface area contributed by atoms with Crippen molar-refractivity contribution in [1.29, 1.82) is 0 Å². The number of thioether (sulfide) groups is 1. The summed E-state index contributed by atoms with van der Waals surface area (Å²) in [5.74, 6) is 1.18. The second kappa shape index (κ2) is 0.898. The van der Waals surface area contributed by atoms with Crippen LogP contribution in [0.3, 0.4) is 0 Å². The molecular formula is C3H3NS2. The van der Waals surface area contributed by atoms with Gasteiger partial charge in [0.1, 0.15) is 5.03 Å². The van der Waals surface area contributed by atoms with Crippen molar-refractivity contribution in [3.63, 3.8) is 0 Å². The highest BCUT2D eigenvalue weighted by molar-refractivity contribution is 8.12. The molecule has 32 valence electrons. The SMILES string of the molecule is C1=C2SN2CS1. The van der Waals surface area contributed by atoms with Gasteiger partial charge < -0.3 is 0 Å². The molecule has 0 spiro atoms. The molecule has 1 fully saturated rings. The quantitative estimate of drug-likeness (QED) is 0.349. The number of rotatable bonds is 0.